The number of rotatable bonds is 4. The second kappa shape index (κ2) is 5.53. The first-order valence-electron chi connectivity index (χ1n) is 6.58. The fourth-order valence-electron chi connectivity index (χ4n) is 2.73. The van der Waals surface area contributed by atoms with Gasteiger partial charge in [-0.2, -0.15) is 0 Å². The molecule has 1 aromatic carbocycles. The van der Waals surface area contributed by atoms with E-state index in [1.54, 1.807) is 0 Å². The van der Waals surface area contributed by atoms with E-state index in [0.717, 1.165) is 18.7 Å². The van der Waals surface area contributed by atoms with Gasteiger partial charge >= 0.3 is 5.97 Å². The number of carbonyl (C=O) groups is 1. The maximum absolute atomic E-state index is 11.1. The molecule has 18 heavy (non-hydrogen) atoms. The van der Waals surface area contributed by atoms with E-state index in [1.807, 2.05) is 30.3 Å². The minimum atomic E-state index is -0.726. The Balaban J connectivity index is 2.18. The molecule has 1 fully saturated rings. The Morgan fingerprint density at radius 1 is 1.28 bits per heavy atom. The number of likely N-dealkylation sites (tertiary alicyclic amines) is 1. The van der Waals surface area contributed by atoms with Gasteiger partial charge in [-0.25, -0.2) is 0 Å². The van der Waals surface area contributed by atoms with Crippen LogP contribution in [-0.4, -0.2) is 29.1 Å². The van der Waals surface area contributed by atoms with Crippen molar-refractivity contribution in [2.75, 3.05) is 13.1 Å². The van der Waals surface area contributed by atoms with Crippen molar-refractivity contribution in [2.24, 2.45) is 11.8 Å². The van der Waals surface area contributed by atoms with Gasteiger partial charge in [-0.05, 0) is 17.4 Å². The molecule has 0 amide bonds. The van der Waals surface area contributed by atoms with Crippen LogP contribution in [0.3, 0.4) is 0 Å². The van der Waals surface area contributed by atoms with Crippen LogP contribution in [0.15, 0.2) is 30.3 Å². The van der Waals surface area contributed by atoms with Gasteiger partial charge in [0.2, 0.25) is 0 Å². The van der Waals surface area contributed by atoms with Crippen molar-refractivity contribution in [3.05, 3.63) is 35.9 Å². The van der Waals surface area contributed by atoms with Gasteiger partial charge < -0.3 is 5.11 Å². The fraction of sp³-hybridized carbons (Fsp3) is 0.533. The summed E-state index contributed by atoms with van der Waals surface area (Å²) < 4.78 is 0. The molecule has 0 bridgehead atoms. The molecule has 3 nitrogen and oxygen atoms in total. The molecule has 0 saturated carbocycles. The van der Waals surface area contributed by atoms with Crippen LogP contribution in [0.5, 0.6) is 0 Å². The SMILES string of the molecule is CC1CN(C(CC(=O)O)c2ccccc2)CC1C. The molecule has 0 radical (unpaired) electrons. The Labute approximate surface area is 108 Å². The van der Waals surface area contributed by atoms with E-state index in [0.29, 0.717) is 11.8 Å². The average Bonchev–Trinajstić information content (AvgIpc) is 2.67. The van der Waals surface area contributed by atoms with E-state index in [9.17, 15) is 4.79 Å². The molecule has 0 aliphatic carbocycles. The zero-order valence-electron chi connectivity index (χ0n) is 11.0. The van der Waals surface area contributed by atoms with E-state index in [4.69, 9.17) is 5.11 Å². The minimum Gasteiger partial charge on any atom is -0.481 e. The summed E-state index contributed by atoms with van der Waals surface area (Å²) in [4.78, 5) is 13.4. The Bertz CT molecular complexity index is 394. The van der Waals surface area contributed by atoms with Crippen LogP contribution in [0.1, 0.15) is 31.9 Å². The highest BCUT2D eigenvalue weighted by atomic mass is 16.4. The number of carboxylic acids is 1. The number of hydrogen-bond acceptors (Lipinski definition) is 2. The van der Waals surface area contributed by atoms with Crippen molar-refractivity contribution < 1.29 is 9.90 Å². The van der Waals surface area contributed by atoms with Crippen LogP contribution >= 0.6 is 0 Å². The summed E-state index contributed by atoms with van der Waals surface area (Å²) in [6.07, 6.45) is 0.184. The molecule has 1 aromatic rings. The van der Waals surface area contributed by atoms with Crippen molar-refractivity contribution in [3.63, 3.8) is 0 Å². The van der Waals surface area contributed by atoms with Gasteiger partial charge in [0, 0.05) is 19.1 Å². The average molecular weight is 247 g/mol. The zero-order chi connectivity index (χ0) is 13.1. The third-order valence-corrected chi connectivity index (χ3v) is 4.01. The van der Waals surface area contributed by atoms with Gasteiger partial charge in [-0.3, -0.25) is 9.69 Å². The van der Waals surface area contributed by atoms with Crippen molar-refractivity contribution in [1.29, 1.82) is 0 Å². The minimum absolute atomic E-state index is 0.0103. The summed E-state index contributed by atoms with van der Waals surface area (Å²) in [6.45, 7) is 6.48. The van der Waals surface area contributed by atoms with Crippen molar-refractivity contribution in [2.45, 2.75) is 26.3 Å². The van der Waals surface area contributed by atoms with E-state index >= 15 is 0 Å². The molecule has 3 atom stereocenters. The highest BCUT2D eigenvalue weighted by Gasteiger charge is 2.32. The second-order valence-electron chi connectivity index (χ2n) is 5.43. The number of carboxylic acid groups (broad SMARTS) is 1. The topological polar surface area (TPSA) is 40.5 Å². The highest BCUT2D eigenvalue weighted by Crippen LogP contribution is 2.32. The van der Waals surface area contributed by atoms with Gasteiger partial charge in [0.25, 0.3) is 0 Å². The van der Waals surface area contributed by atoms with Gasteiger partial charge in [0.15, 0.2) is 0 Å². The van der Waals surface area contributed by atoms with Crippen molar-refractivity contribution in [3.8, 4) is 0 Å². The number of aliphatic carboxylic acids is 1. The first-order chi connectivity index (χ1) is 8.58. The molecule has 98 valence electrons. The molecule has 1 aliphatic heterocycles. The molecule has 1 N–H and O–H groups in total. The van der Waals surface area contributed by atoms with E-state index in [2.05, 4.69) is 18.7 Å². The van der Waals surface area contributed by atoms with Gasteiger partial charge in [-0.15, -0.1) is 0 Å². The molecule has 0 aromatic heterocycles. The third kappa shape index (κ3) is 2.91. The first-order valence-corrected chi connectivity index (χ1v) is 6.58. The smallest absolute Gasteiger partial charge is 0.305 e. The van der Waals surface area contributed by atoms with Crippen LogP contribution in [0, 0.1) is 11.8 Å². The molecule has 1 heterocycles. The monoisotopic (exact) mass is 247 g/mol. The molecule has 3 unspecified atom stereocenters. The van der Waals surface area contributed by atoms with Crippen molar-refractivity contribution in [1.82, 2.24) is 4.90 Å². The van der Waals surface area contributed by atoms with Crippen molar-refractivity contribution >= 4 is 5.97 Å². The molecule has 2 rings (SSSR count). The molecule has 1 saturated heterocycles. The van der Waals surface area contributed by atoms with Gasteiger partial charge in [0.05, 0.1) is 6.42 Å². The summed E-state index contributed by atoms with van der Waals surface area (Å²) in [6, 6.07) is 10.00. The molecule has 3 heteroatoms. The normalized spacial score (nSPS) is 26.1. The predicted molar refractivity (Wildman–Crippen MR) is 71.3 cm³/mol. The van der Waals surface area contributed by atoms with Crippen LogP contribution in [0.4, 0.5) is 0 Å². The number of nitrogens with zero attached hydrogens (tertiary/aromatic N) is 1. The Hall–Kier alpha value is -1.35. The Morgan fingerprint density at radius 2 is 1.83 bits per heavy atom. The Morgan fingerprint density at radius 3 is 2.33 bits per heavy atom. The number of benzene rings is 1. The van der Waals surface area contributed by atoms with E-state index in [1.165, 1.54) is 0 Å². The van der Waals surface area contributed by atoms with Gasteiger partial charge in [0.1, 0.15) is 0 Å². The van der Waals surface area contributed by atoms with Gasteiger partial charge in [-0.1, -0.05) is 44.2 Å². The zero-order valence-corrected chi connectivity index (χ0v) is 11.0. The summed E-state index contributed by atoms with van der Waals surface area (Å²) in [5, 5.41) is 9.11. The lowest BCUT2D eigenvalue weighted by molar-refractivity contribution is -0.138. The highest BCUT2D eigenvalue weighted by molar-refractivity contribution is 5.68. The predicted octanol–water partition coefficient (Wildman–Crippen LogP) is 2.79. The van der Waals surface area contributed by atoms with Crippen LogP contribution in [0.2, 0.25) is 0 Å². The number of hydrogen-bond donors (Lipinski definition) is 1. The summed E-state index contributed by atoms with van der Waals surface area (Å²) in [7, 11) is 0. The third-order valence-electron chi connectivity index (χ3n) is 4.01. The lowest BCUT2D eigenvalue weighted by Gasteiger charge is -2.27. The van der Waals surface area contributed by atoms with Crippen LogP contribution in [-0.2, 0) is 4.79 Å². The summed E-state index contributed by atoms with van der Waals surface area (Å²) in [5.41, 5.74) is 1.11. The van der Waals surface area contributed by atoms with E-state index < -0.39 is 5.97 Å². The van der Waals surface area contributed by atoms with Crippen LogP contribution < -0.4 is 0 Å². The lowest BCUT2D eigenvalue weighted by Crippen LogP contribution is -2.28. The fourth-order valence-corrected chi connectivity index (χ4v) is 2.73. The maximum atomic E-state index is 11.1. The lowest BCUT2D eigenvalue weighted by atomic mass is 10.0. The molecular formula is C15H21NO2. The quantitative estimate of drug-likeness (QED) is 0.889. The second-order valence-corrected chi connectivity index (χ2v) is 5.43. The Kier molecular flexibility index (Phi) is 4.02. The molecular weight excluding hydrogens is 226 g/mol. The van der Waals surface area contributed by atoms with E-state index in [-0.39, 0.29) is 12.5 Å². The molecule has 0 spiro atoms. The summed E-state index contributed by atoms with van der Waals surface area (Å²) in [5.74, 6) is 0.561. The summed E-state index contributed by atoms with van der Waals surface area (Å²) >= 11 is 0. The largest absolute Gasteiger partial charge is 0.481 e. The first kappa shape index (κ1) is 13.1. The maximum Gasteiger partial charge on any atom is 0.305 e. The molecule has 1 aliphatic rings. The standard InChI is InChI=1S/C15H21NO2/c1-11-9-16(10-12(11)2)14(8-15(17)18)13-6-4-3-5-7-13/h3-7,11-12,14H,8-10H2,1-2H3,(H,17,18). The van der Waals surface area contributed by atoms with Crippen LogP contribution in [0.25, 0.3) is 0 Å².